The summed E-state index contributed by atoms with van der Waals surface area (Å²) < 4.78 is 17.3. The Labute approximate surface area is 167 Å². The lowest BCUT2D eigenvalue weighted by Gasteiger charge is -2.29. The minimum absolute atomic E-state index is 0.313. The molecule has 7 nitrogen and oxygen atoms in total. The smallest absolute Gasteiger partial charge is 0.338 e. The molecule has 1 aromatic carbocycles. The van der Waals surface area contributed by atoms with E-state index >= 15 is 0 Å². The van der Waals surface area contributed by atoms with Crippen molar-refractivity contribution < 1.29 is 23.8 Å². The number of ether oxygens (including phenoxy) is 3. The first kappa shape index (κ1) is 21.1. The molecule has 148 valence electrons. The van der Waals surface area contributed by atoms with E-state index in [2.05, 4.69) is 26.6 Å². The van der Waals surface area contributed by atoms with E-state index in [1.807, 2.05) is 26.8 Å². The Balaban J connectivity index is 2.50. The van der Waals surface area contributed by atoms with E-state index in [-0.39, 0.29) is 6.03 Å². The monoisotopic (exact) mass is 440 g/mol. The zero-order chi connectivity index (χ0) is 20.0. The van der Waals surface area contributed by atoms with Gasteiger partial charge in [0, 0.05) is 5.70 Å². The van der Waals surface area contributed by atoms with E-state index in [1.165, 1.54) is 0 Å². The highest BCUT2D eigenvalue weighted by molar-refractivity contribution is 9.10. The largest absolute Gasteiger partial charge is 0.490 e. The lowest BCUT2D eigenvalue weighted by atomic mass is 9.95. The van der Waals surface area contributed by atoms with Crippen molar-refractivity contribution >= 4 is 27.9 Å². The number of esters is 1. The van der Waals surface area contributed by atoms with Crippen LogP contribution < -0.4 is 20.1 Å². The summed E-state index contributed by atoms with van der Waals surface area (Å²) in [4.78, 5) is 24.6. The normalized spacial score (nSPS) is 16.5. The third-order valence-electron chi connectivity index (χ3n) is 3.88. The number of hydrogen-bond acceptors (Lipinski definition) is 5. The molecule has 0 bridgehead atoms. The lowest BCUT2D eigenvalue weighted by molar-refractivity contribution is -0.139. The topological polar surface area (TPSA) is 85.9 Å². The standard InChI is InChI=1S/C19H25BrN2O5/c1-5-8-27-18(23)15-11(4)21-19(24)22-16(15)12-9-13(20)17(26-7-3)14(10-12)25-6-2/h9-10,16H,5-8H2,1-4H3,(H2,21,22,24). The minimum atomic E-state index is -0.658. The van der Waals surface area contributed by atoms with Gasteiger partial charge in [-0.05, 0) is 60.8 Å². The van der Waals surface area contributed by atoms with E-state index in [4.69, 9.17) is 14.2 Å². The maximum Gasteiger partial charge on any atom is 0.338 e. The van der Waals surface area contributed by atoms with Gasteiger partial charge in [0.1, 0.15) is 0 Å². The minimum Gasteiger partial charge on any atom is -0.490 e. The number of urea groups is 1. The van der Waals surface area contributed by atoms with Gasteiger partial charge in [0.05, 0.1) is 35.9 Å². The SMILES string of the molecule is CCCOC(=O)C1=C(C)NC(=O)NC1c1cc(Br)c(OCC)c(OCC)c1. The first-order valence-corrected chi connectivity index (χ1v) is 9.76. The Morgan fingerprint density at radius 2 is 1.89 bits per heavy atom. The van der Waals surface area contributed by atoms with E-state index < -0.39 is 12.0 Å². The van der Waals surface area contributed by atoms with Crippen molar-refractivity contribution in [3.63, 3.8) is 0 Å². The van der Waals surface area contributed by atoms with E-state index in [0.717, 1.165) is 0 Å². The molecule has 1 aliphatic rings. The fourth-order valence-electron chi connectivity index (χ4n) is 2.79. The second-order valence-electron chi connectivity index (χ2n) is 5.90. The summed E-state index contributed by atoms with van der Waals surface area (Å²) in [7, 11) is 0. The molecule has 1 heterocycles. The molecule has 2 amide bonds. The van der Waals surface area contributed by atoms with Gasteiger partial charge in [-0.2, -0.15) is 0 Å². The van der Waals surface area contributed by atoms with Crippen LogP contribution in [0.2, 0.25) is 0 Å². The molecule has 0 spiro atoms. The summed E-state index contributed by atoms with van der Waals surface area (Å²) in [5, 5.41) is 5.43. The summed E-state index contributed by atoms with van der Waals surface area (Å²) >= 11 is 3.50. The fraction of sp³-hybridized carbons (Fsp3) is 0.474. The highest BCUT2D eigenvalue weighted by Crippen LogP contribution is 2.40. The van der Waals surface area contributed by atoms with Gasteiger partial charge in [-0.15, -0.1) is 0 Å². The number of rotatable bonds is 8. The van der Waals surface area contributed by atoms with Crippen LogP contribution in [0.25, 0.3) is 0 Å². The molecule has 2 rings (SSSR count). The molecule has 27 heavy (non-hydrogen) atoms. The molecule has 1 aromatic rings. The van der Waals surface area contributed by atoms with Crippen LogP contribution >= 0.6 is 15.9 Å². The van der Waals surface area contributed by atoms with Gasteiger partial charge in [-0.25, -0.2) is 9.59 Å². The molecule has 0 radical (unpaired) electrons. The lowest BCUT2D eigenvalue weighted by Crippen LogP contribution is -2.45. The average molecular weight is 441 g/mol. The Morgan fingerprint density at radius 3 is 2.52 bits per heavy atom. The van der Waals surface area contributed by atoms with Crippen LogP contribution in [0.4, 0.5) is 4.79 Å². The average Bonchev–Trinajstić information content (AvgIpc) is 2.61. The molecule has 1 atom stereocenters. The van der Waals surface area contributed by atoms with Crippen LogP contribution in [0.1, 0.15) is 45.7 Å². The van der Waals surface area contributed by atoms with Gasteiger partial charge in [0.25, 0.3) is 0 Å². The van der Waals surface area contributed by atoms with Crippen LogP contribution in [0.15, 0.2) is 27.9 Å². The highest BCUT2D eigenvalue weighted by Gasteiger charge is 2.33. The van der Waals surface area contributed by atoms with Gasteiger partial charge in [-0.1, -0.05) is 6.92 Å². The molecule has 8 heteroatoms. The number of allylic oxidation sites excluding steroid dienone is 1. The van der Waals surface area contributed by atoms with E-state index in [1.54, 1.807) is 13.0 Å². The zero-order valence-electron chi connectivity index (χ0n) is 16.0. The first-order valence-electron chi connectivity index (χ1n) is 8.97. The third kappa shape index (κ3) is 4.94. The summed E-state index contributed by atoms with van der Waals surface area (Å²) in [6.07, 6.45) is 0.714. The number of amides is 2. The summed E-state index contributed by atoms with van der Waals surface area (Å²) in [6, 6.07) is 2.54. The number of carbonyl (C=O) groups excluding carboxylic acids is 2. The van der Waals surface area contributed by atoms with Gasteiger partial charge >= 0.3 is 12.0 Å². The Bertz CT molecular complexity index is 748. The van der Waals surface area contributed by atoms with Crippen molar-refractivity contribution in [3.8, 4) is 11.5 Å². The van der Waals surface area contributed by atoms with Crippen molar-refractivity contribution in [2.75, 3.05) is 19.8 Å². The van der Waals surface area contributed by atoms with Gasteiger partial charge < -0.3 is 24.8 Å². The summed E-state index contributed by atoms with van der Waals surface area (Å²) in [5.74, 6) is 0.657. The Kier molecular flexibility index (Phi) is 7.53. The van der Waals surface area contributed by atoms with Crippen molar-refractivity contribution in [1.29, 1.82) is 0 Å². The number of halogens is 1. The molecular formula is C19H25BrN2O5. The molecule has 0 aliphatic carbocycles. The maximum atomic E-state index is 12.6. The Morgan fingerprint density at radius 1 is 1.19 bits per heavy atom. The Hall–Kier alpha value is -2.22. The summed E-state index contributed by atoms with van der Waals surface area (Å²) in [6.45, 7) is 8.61. The predicted molar refractivity (Wildman–Crippen MR) is 105 cm³/mol. The third-order valence-corrected chi connectivity index (χ3v) is 4.47. The zero-order valence-corrected chi connectivity index (χ0v) is 17.6. The number of nitrogens with one attached hydrogen (secondary N) is 2. The van der Waals surface area contributed by atoms with Gasteiger partial charge in [0.15, 0.2) is 11.5 Å². The van der Waals surface area contributed by atoms with Crippen molar-refractivity contribution in [2.45, 2.75) is 40.2 Å². The van der Waals surface area contributed by atoms with E-state index in [0.29, 0.717) is 59.0 Å². The van der Waals surface area contributed by atoms with Crippen molar-refractivity contribution in [1.82, 2.24) is 10.6 Å². The quantitative estimate of drug-likeness (QED) is 0.599. The second kappa shape index (κ2) is 9.64. The van der Waals surface area contributed by atoms with E-state index in [9.17, 15) is 9.59 Å². The number of carbonyl (C=O) groups is 2. The molecule has 0 aromatic heterocycles. The van der Waals surface area contributed by atoms with Crippen LogP contribution in [-0.2, 0) is 9.53 Å². The van der Waals surface area contributed by atoms with Crippen molar-refractivity contribution in [3.05, 3.63) is 33.4 Å². The van der Waals surface area contributed by atoms with Crippen molar-refractivity contribution in [2.24, 2.45) is 0 Å². The molecular weight excluding hydrogens is 416 g/mol. The van der Waals surface area contributed by atoms with Crippen LogP contribution in [0, 0.1) is 0 Å². The van der Waals surface area contributed by atoms with Gasteiger partial charge in [0.2, 0.25) is 0 Å². The second-order valence-corrected chi connectivity index (χ2v) is 6.76. The molecule has 0 saturated heterocycles. The molecule has 2 N–H and O–H groups in total. The predicted octanol–water partition coefficient (Wildman–Crippen LogP) is 3.83. The highest BCUT2D eigenvalue weighted by atomic mass is 79.9. The first-order chi connectivity index (χ1) is 12.9. The number of benzene rings is 1. The van der Waals surface area contributed by atoms with Crippen LogP contribution in [0.3, 0.4) is 0 Å². The van der Waals surface area contributed by atoms with Gasteiger partial charge in [-0.3, -0.25) is 0 Å². The van der Waals surface area contributed by atoms with Crippen LogP contribution in [-0.4, -0.2) is 31.8 Å². The van der Waals surface area contributed by atoms with Crippen LogP contribution in [0.5, 0.6) is 11.5 Å². The maximum absolute atomic E-state index is 12.6. The number of hydrogen-bond donors (Lipinski definition) is 2. The fourth-order valence-corrected chi connectivity index (χ4v) is 3.36. The molecule has 0 saturated carbocycles. The molecule has 1 unspecified atom stereocenters. The molecule has 0 fully saturated rings. The summed E-state index contributed by atoms with van der Waals surface area (Å²) in [5.41, 5.74) is 1.51. The molecule has 1 aliphatic heterocycles.